The van der Waals surface area contributed by atoms with Gasteiger partial charge in [0.25, 0.3) is 0 Å². The van der Waals surface area contributed by atoms with E-state index in [1.807, 2.05) is 6.07 Å². The summed E-state index contributed by atoms with van der Waals surface area (Å²) < 4.78 is 0. The van der Waals surface area contributed by atoms with Gasteiger partial charge in [0.15, 0.2) is 0 Å². The molecular weight excluding hydrogens is 179 g/mol. The largest absolute Gasteiger partial charge is 0.832 e. The lowest BCUT2D eigenvalue weighted by molar-refractivity contribution is -0.295. The molecule has 0 aliphatic heterocycles. The van der Waals surface area contributed by atoms with Crippen LogP contribution in [0.4, 0.5) is 0 Å². The zero-order valence-corrected chi connectivity index (χ0v) is 7.48. The molecule has 0 saturated heterocycles. The highest BCUT2D eigenvalue weighted by atomic mass is 32.5. The Labute approximate surface area is 70.7 Å². The second-order valence-corrected chi connectivity index (χ2v) is 5.46. The molecule has 1 aromatic rings. The summed E-state index contributed by atoms with van der Waals surface area (Å²) in [7, 11) is 0. The van der Waals surface area contributed by atoms with Crippen molar-refractivity contribution in [2.45, 2.75) is 6.16 Å². The Balaban J connectivity index is 2.74. The third-order valence-electron chi connectivity index (χ3n) is 1.22. The average molecular weight is 186 g/mol. The van der Waals surface area contributed by atoms with E-state index in [2.05, 4.69) is 11.8 Å². The molecule has 0 fully saturated rings. The van der Waals surface area contributed by atoms with Gasteiger partial charge in [-0.25, -0.2) is 6.49 Å². The Morgan fingerprint density at radius 2 is 1.73 bits per heavy atom. The van der Waals surface area contributed by atoms with Crippen LogP contribution in [-0.4, -0.2) is 0 Å². The van der Waals surface area contributed by atoms with Crippen LogP contribution in [0.2, 0.25) is 0 Å². The monoisotopic (exact) mass is 186 g/mol. The number of benzene rings is 1. The Morgan fingerprint density at radius 3 is 2.18 bits per heavy atom. The Bertz CT molecular complexity index is 267. The van der Waals surface area contributed by atoms with Crippen molar-refractivity contribution >= 4 is 18.3 Å². The second-order valence-electron chi connectivity index (χ2n) is 2.25. The summed E-state index contributed by atoms with van der Waals surface area (Å²) in [4.78, 5) is 21.3. The maximum Gasteiger partial charge on any atom is -0.0253 e. The molecule has 1 aromatic carbocycles. The first-order valence-electron chi connectivity index (χ1n) is 3.13. The molecule has 0 atom stereocenters. The summed E-state index contributed by atoms with van der Waals surface area (Å²) in [5.41, 5.74) is 0.751. The van der Waals surface area contributed by atoms with Crippen LogP contribution in [0.25, 0.3) is 0 Å². The highest BCUT2D eigenvalue weighted by molar-refractivity contribution is 8.07. The van der Waals surface area contributed by atoms with Crippen molar-refractivity contribution in [1.82, 2.24) is 0 Å². The molecule has 0 aromatic heterocycles. The first-order valence-corrected chi connectivity index (χ1v) is 5.95. The molecule has 0 heterocycles. The minimum absolute atomic E-state index is 0.0246. The first kappa shape index (κ1) is 8.88. The van der Waals surface area contributed by atoms with Crippen LogP contribution in [0, 0.1) is 0 Å². The van der Waals surface area contributed by atoms with Crippen molar-refractivity contribution in [3.8, 4) is 0 Å². The van der Waals surface area contributed by atoms with E-state index in [0.29, 0.717) is 0 Å². The molecule has 1 rings (SSSR count). The fourth-order valence-electron chi connectivity index (χ4n) is 0.807. The summed E-state index contributed by atoms with van der Waals surface area (Å²) in [5, 5.41) is 0. The van der Waals surface area contributed by atoms with Gasteiger partial charge in [0.1, 0.15) is 0 Å². The topological polar surface area (TPSA) is 46.1 Å². The lowest BCUT2D eigenvalue weighted by Crippen LogP contribution is -2.14. The van der Waals surface area contributed by atoms with Crippen LogP contribution >= 0.6 is 6.49 Å². The number of hydrogen-bond donors (Lipinski definition) is 0. The number of rotatable bonds is 2. The standard InChI is InChI=1S/C7H9O2PS/c8-10(9,11)6-7-4-2-1-3-5-7/h1-5H,6H2,(H2,8,9,11)/p-2. The van der Waals surface area contributed by atoms with Gasteiger partial charge in [-0.2, -0.15) is 0 Å². The minimum atomic E-state index is -3.55. The summed E-state index contributed by atoms with van der Waals surface area (Å²) in [6.07, 6.45) is -0.0246. The molecule has 2 nitrogen and oxygen atoms in total. The van der Waals surface area contributed by atoms with Gasteiger partial charge in [-0.1, -0.05) is 30.3 Å². The molecule has 0 bridgehead atoms. The maximum atomic E-state index is 10.6. The van der Waals surface area contributed by atoms with E-state index in [1.54, 1.807) is 24.3 Å². The van der Waals surface area contributed by atoms with Crippen LogP contribution in [-0.2, 0) is 18.0 Å². The molecule has 0 N–H and O–H groups in total. The molecule has 4 heteroatoms. The zero-order valence-electron chi connectivity index (χ0n) is 5.77. The van der Waals surface area contributed by atoms with Crippen molar-refractivity contribution < 1.29 is 9.79 Å². The van der Waals surface area contributed by atoms with E-state index in [0.717, 1.165) is 5.56 Å². The lowest BCUT2D eigenvalue weighted by atomic mass is 10.2. The molecule has 0 aliphatic carbocycles. The third kappa shape index (κ3) is 3.63. The summed E-state index contributed by atoms with van der Waals surface area (Å²) in [5.74, 6) is 0. The predicted octanol–water partition coefficient (Wildman–Crippen LogP) is 0.217. The van der Waals surface area contributed by atoms with Crippen LogP contribution < -0.4 is 9.79 Å². The van der Waals surface area contributed by atoms with E-state index in [1.165, 1.54) is 0 Å². The van der Waals surface area contributed by atoms with Gasteiger partial charge in [0.2, 0.25) is 0 Å². The predicted molar refractivity (Wildman–Crippen MR) is 44.4 cm³/mol. The van der Waals surface area contributed by atoms with Crippen molar-refractivity contribution in [3.63, 3.8) is 0 Å². The van der Waals surface area contributed by atoms with Gasteiger partial charge < -0.3 is 9.79 Å². The van der Waals surface area contributed by atoms with Crippen molar-refractivity contribution in [3.05, 3.63) is 35.9 Å². The fourth-order valence-corrected chi connectivity index (χ4v) is 1.91. The first-order chi connectivity index (χ1) is 5.08. The summed E-state index contributed by atoms with van der Waals surface area (Å²) in [6.45, 7) is -3.55. The molecular formula is C7H7O2PS-2. The minimum Gasteiger partial charge on any atom is -0.832 e. The second kappa shape index (κ2) is 3.46. The molecule has 0 spiro atoms. The van der Waals surface area contributed by atoms with Gasteiger partial charge in [0.05, 0.1) is 0 Å². The molecule has 0 aliphatic rings. The number of hydrogen-bond acceptors (Lipinski definition) is 3. The zero-order chi connectivity index (χ0) is 8.32. The third-order valence-corrected chi connectivity index (χ3v) is 2.36. The highest BCUT2D eigenvalue weighted by Crippen LogP contribution is 2.29. The molecule has 0 amide bonds. The quantitative estimate of drug-likeness (QED) is 0.620. The normalized spacial score (nSPS) is 11.5. The van der Waals surface area contributed by atoms with E-state index < -0.39 is 6.49 Å². The van der Waals surface area contributed by atoms with Crippen LogP contribution in [0.15, 0.2) is 30.3 Å². The van der Waals surface area contributed by atoms with E-state index in [-0.39, 0.29) is 6.16 Å². The molecule has 11 heavy (non-hydrogen) atoms. The van der Waals surface area contributed by atoms with Crippen LogP contribution in [0.1, 0.15) is 5.56 Å². The molecule has 0 unspecified atom stereocenters. The molecule has 0 saturated carbocycles. The SMILES string of the molecule is [O-]P([O-])(=S)Cc1ccccc1. The van der Waals surface area contributed by atoms with Crippen molar-refractivity contribution in [2.75, 3.05) is 0 Å². The van der Waals surface area contributed by atoms with Gasteiger partial charge in [-0.05, 0) is 11.7 Å². The Hall–Kier alpha value is -0.210. The highest BCUT2D eigenvalue weighted by Gasteiger charge is 1.89. The Kier molecular flexibility index (Phi) is 2.79. The van der Waals surface area contributed by atoms with E-state index in [9.17, 15) is 9.79 Å². The molecule has 60 valence electrons. The van der Waals surface area contributed by atoms with Crippen molar-refractivity contribution in [2.24, 2.45) is 0 Å². The van der Waals surface area contributed by atoms with Crippen LogP contribution in [0.3, 0.4) is 0 Å². The van der Waals surface area contributed by atoms with Gasteiger partial charge in [-0.3, -0.25) is 0 Å². The maximum absolute atomic E-state index is 10.6. The lowest BCUT2D eigenvalue weighted by Gasteiger charge is -2.35. The van der Waals surface area contributed by atoms with E-state index in [4.69, 9.17) is 0 Å². The Morgan fingerprint density at radius 1 is 1.18 bits per heavy atom. The van der Waals surface area contributed by atoms with Gasteiger partial charge in [0, 0.05) is 0 Å². The van der Waals surface area contributed by atoms with Crippen molar-refractivity contribution in [1.29, 1.82) is 0 Å². The van der Waals surface area contributed by atoms with E-state index >= 15 is 0 Å². The summed E-state index contributed by atoms with van der Waals surface area (Å²) >= 11 is 4.27. The smallest absolute Gasteiger partial charge is 0.0253 e. The van der Waals surface area contributed by atoms with Gasteiger partial charge >= 0.3 is 0 Å². The molecule has 0 radical (unpaired) electrons. The summed E-state index contributed by atoms with van der Waals surface area (Å²) in [6, 6.07) is 8.91. The average Bonchev–Trinajstić information content (AvgIpc) is 1.85. The fraction of sp³-hybridized carbons (Fsp3) is 0.143. The van der Waals surface area contributed by atoms with Crippen LogP contribution in [0.5, 0.6) is 0 Å². The van der Waals surface area contributed by atoms with Gasteiger partial charge in [-0.15, -0.1) is 11.8 Å².